The Morgan fingerprint density at radius 3 is 2.28 bits per heavy atom. The number of hydrogen-bond acceptors (Lipinski definition) is 6. The molecule has 0 saturated heterocycles. The highest BCUT2D eigenvalue weighted by atomic mass is 35.5. The van der Waals surface area contributed by atoms with E-state index in [1.54, 1.807) is 53.9 Å². The zero-order chi connectivity index (χ0) is 22.0. The Balaban J connectivity index is 1.47. The van der Waals surface area contributed by atoms with Crippen LogP contribution in [0.25, 0.3) is 33.0 Å². The molecule has 3 aromatic carbocycles. The van der Waals surface area contributed by atoms with Crippen LogP contribution in [0.5, 0.6) is 0 Å². The number of halogens is 1. The Labute approximate surface area is 189 Å². The number of imide groups is 1. The van der Waals surface area contributed by atoms with Gasteiger partial charge in [0.2, 0.25) is 0 Å². The van der Waals surface area contributed by atoms with Gasteiger partial charge < -0.3 is 4.42 Å². The molecule has 0 bridgehead atoms. The van der Waals surface area contributed by atoms with Crippen molar-refractivity contribution in [2.45, 2.75) is 0 Å². The van der Waals surface area contributed by atoms with Crippen molar-refractivity contribution in [1.82, 2.24) is 4.98 Å². The maximum atomic E-state index is 13.2. The van der Waals surface area contributed by atoms with Crippen LogP contribution in [0.3, 0.4) is 0 Å². The summed E-state index contributed by atoms with van der Waals surface area (Å²) in [6.07, 6.45) is 0. The average molecular weight is 459 g/mol. The van der Waals surface area contributed by atoms with Crippen LogP contribution in [0, 0.1) is 0 Å². The van der Waals surface area contributed by atoms with Gasteiger partial charge in [-0.05, 0) is 41.8 Å². The summed E-state index contributed by atoms with van der Waals surface area (Å²) in [6.45, 7) is 0. The topological polar surface area (TPSA) is 80.5 Å². The number of carbonyl (C=O) groups excluding carboxylic acids is 2. The van der Waals surface area contributed by atoms with Crippen LogP contribution in [-0.4, -0.2) is 16.8 Å². The van der Waals surface area contributed by atoms with E-state index in [0.717, 1.165) is 21.6 Å². The Morgan fingerprint density at radius 2 is 1.56 bits per heavy atom. The molecule has 3 heterocycles. The van der Waals surface area contributed by atoms with E-state index in [4.69, 9.17) is 16.0 Å². The molecule has 2 aromatic heterocycles. The van der Waals surface area contributed by atoms with Crippen molar-refractivity contribution < 1.29 is 14.0 Å². The summed E-state index contributed by atoms with van der Waals surface area (Å²) in [4.78, 5) is 44.5. The molecule has 0 atom stereocenters. The molecule has 32 heavy (non-hydrogen) atoms. The second-order valence-corrected chi connectivity index (χ2v) is 8.57. The molecule has 0 fully saturated rings. The number of amides is 2. The van der Waals surface area contributed by atoms with Gasteiger partial charge >= 0.3 is 5.63 Å². The van der Waals surface area contributed by atoms with E-state index in [1.807, 2.05) is 12.1 Å². The first kappa shape index (κ1) is 18.9. The van der Waals surface area contributed by atoms with Crippen LogP contribution in [0.15, 0.2) is 75.3 Å². The summed E-state index contributed by atoms with van der Waals surface area (Å²) in [6, 6.07) is 17.3. The summed E-state index contributed by atoms with van der Waals surface area (Å²) >= 11 is 7.16. The molecule has 0 saturated carbocycles. The fraction of sp³-hybridized carbons (Fsp3) is 0. The highest BCUT2D eigenvalue weighted by molar-refractivity contribution is 7.14. The number of thiazole rings is 1. The molecular formula is C24H11ClN2O4S. The third-order valence-electron chi connectivity index (χ3n) is 5.43. The molecule has 2 amide bonds. The first-order valence-corrected chi connectivity index (χ1v) is 10.9. The first-order valence-electron chi connectivity index (χ1n) is 9.61. The smallest absolute Gasteiger partial charge is 0.345 e. The molecule has 154 valence electrons. The van der Waals surface area contributed by atoms with E-state index in [0.29, 0.717) is 38.2 Å². The van der Waals surface area contributed by atoms with Crippen LogP contribution in [0.1, 0.15) is 20.7 Å². The molecular weight excluding hydrogens is 448 g/mol. The number of benzene rings is 3. The lowest BCUT2D eigenvalue weighted by Gasteiger charge is -2.25. The Bertz CT molecular complexity index is 1620. The molecule has 6 rings (SSSR count). The van der Waals surface area contributed by atoms with Gasteiger partial charge in [0, 0.05) is 32.3 Å². The summed E-state index contributed by atoms with van der Waals surface area (Å²) in [7, 11) is 0. The first-order chi connectivity index (χ1) is 15.5. The van der Waals surface area contributed by atoms with Crippen molar-refractivity contribution in [1.29, 1.82) is 0 Å². The molecule has 0 unspecified atom stereocenters. The molecule has 1 aliphatic heterocycles. The minimum Gasteiger partial charge on any atom is -0.422 e. The standard InChI is InChI=1S/C24H11ClN2O4S/c25-14-7-8-19-13(9-14)10-17(23(30)31-19)18-11-32-24(26-18)27-21(28)15-5-1-3-12-4-2-6-16(20(12)15)22(27)29/h1-11H. The van der Waals surface area contributed by atoms with Crippen molar-refractivity contribution in [3.05, 3.63) is 92.6 Å². The van der Waals surface area contributed by atoms with E-state index < -0.39 is 17.4 Å². The summed E-state index contributed by atoms with van der Waals surface area (Å²) in [5.74, 6) is -0.893. The zero-order valence-corrected chi connectivity index (χ0v) is 17.7. The fourth-order valence-electron chi connectivity index (χ4n) is 3.97. The predicted octanol–water partition coefficient (Wildman–Crippen LogP) is 5.52. The number of nitrogens with zero attached hydrogens (tertiary/aromatic N) is 2. The zero-order valence-electron chi connectivity index (χ0n) is 16.2. The summed E-state index contributed by atoms with van der Waals surface area (Å²) in [5.41, 5.74) is 1.26. The van der Waals surface area contributed by atoms with E-state index in [1.165, 1.54) is 0 Å². The van der Waals surface area contributed by atoms with Crippen LogP contribution >= 0.6 is 22.9 Å². The molecule has 5 aromatic rings. The van der Waals surface area contributed by atoms with Crippen molar-refractivity contribution in [3.63, 3.8) is 0 Å². The van der Waals surface area contributed by atoms with Gasteiger partial charge in [-0.1, -0.05) is 35.9 Å². The van der Waals surface area contributed by atoms with Crippen LogP contribution in [-0.2, 0) is 0 Å². The highest BCUT2D eigenvalue weighted by Gasteiger charge is 2.35. The molecule has 6 nitrogen and oxygen atoms in total. The number of hydrogen-bond donors (Lipinski definition) is 0. The number of carbonyl (C=O) groups is 2. The van der Waals surface area contributed by atoms with Gasteiger partial charge in [-0.15, -0.1) is 11.3 Å². The molecule has 0 aliphatic carbocycles. The lowest BCUT2D eigenvalue weighted by atomic mass is 9.94. The SMILES string of the molecule is O=C1c2cccc3cccc(c23)C(=O)N1c1nc(-c2cc3cc(Cl)ccc3oc2=O)cs1. The van der Waals surface area contributed by atoms with E-state index in [2.05, 4.69) is 4.98 Å². The lowest BCUT2D eigenvalue weighted by molar-refractivity contribution is 0.0893. The quantitative estimate of drug-likeness (QED) is 0.257. The minimum atomic E-state index is -0.567. The van der Waals surface area contributed by atoms with Crippen LogP contribution < -0.4 is 10.5 Å². The average Bonchev–Trinajstić information content (AvgIpc) is 3.26. The molecule has 1 aliphatic rings. The largest absolute Gasteiger partial charge is 0.422 e. The van der Waals surface area contributed by atoms with Crippen molar-refractivity contribution in [2.24, 2.45) is 0 Å². The minimum absolute atomic E-state index is 0.187. The Kier molecular flexibility index (Phi) is 4.05. The second-order valence-electron chi connectivity index (χ2n) is 7.30. The van der Waals surface area contributed by atoms with Gasteiger partial charge in [0.15, 0.2) is 5.13 Å². The number of rotatable bonds is 2. The van der Waals surface area contributed by atoms with Crippen LogP contribution in [0.2, 0.25) is 5.02 Å². The van der Waals surface area contributed by atoms with Gasteiger partial charge in [-0.25, -0.2) is 14.7 Å². The van der Waals surface area contributed by atoms with Gasteiger partial charge in [0.1, 0.15) is 5.58 Å². The number of fused-ring (bicyclic) bond motifs is 1. The van der Waals surface area contributed by atoms with E-state index >= 15 is 0 Å². The third kappa shape index (κ3) is 2.72. The van der Waals surface area contributed by atoms with E-state index in [-0.39, 0.29) is 10.7 Å². The Morgan fingerprint density at radius 1 is 0.844 bits per heavy atom. The molecule has 0 spiro atoms. The maximum absolute atomic E-state index is 13.2. The van der Waals surface area contributed by atoms with Crippen molar-refractivity contribution in [2.75, 3.05) is 4.90 Å². The molecule has 8 heteroatoms. The van der Waals surface area contributed by atoms with Crippen molar-refractivity contribution >= 4 is 61.6 Å². The monoisotopic (exact) mass is 458 g/mol. The van der Waals surface area contributed by atoms with Gasteiger partial charge in [0.25, 0.3) is 11.8 Å². The van der Waals surface area contributed by atoms with E-state index in [9.17, 15) is 14.4 Å². The molecule has 0 radical (unpaired) electrons. The maximum Gasteiger partial charge on any atom is 0.345 e. The van der Waals surface area contributed by atoms with Gasteiger partial charge in [-0.2, -0.15) is 0 Å². The summed E-state index contributed by atoms with van der Waals surface area (Å²) in [5, 5.41) is 4.44. The lowest BCUT2D eigenvalue weighted by Crippen LogP contribution is -2.40. The normalized spacial score (nSPS) is 13.3. The summed E-state index contributed by atoms with van der Waals surface area (Å²) < 4.78 is 5.39. The van der Waals surface area contributed by atoms with Gasteiger partial charge in [0.05, 0.1) is 11.3 Å². The number of anilines is 1. The molecule has 0 N–H and O–H groups in total. The number of aromatic nitrogens is 1. The predicted molar refractivity (Wildman–Crippen MR) is 124 cm³/mol. The van der Waals surface area contributed by atoms with Crippen LogP contribution in [0.4, 0.5) is 5.13 Å². The highest BCUT2D eigenvalue weighted by Crippen LogP contribution is 2.35. The van der Waals surface area contributed by atoms with Gasteiger partial charge in [-0.3, -0.25) is 9.59 Å². The second kappa shape index (κ2) is 6.85. The van der Waals surface area contributed by atoms with Crippen molar-refractivity contribution in [3.8, 4) is 11.3 Å². The third-order valence-corrected chi connectivity index (χ3v) is 6.49. The Hall–Kier alpha value is -3.81. The fourth-order valence-corrected chi connectivity index (χ4v) is 4.97.